The molecule has 0 rings (SSSR count). The van der Waals surface area contributed by atoms with Crippen LogP contribution >= 0.6 is 0 Å². The molecule has 0 amide bonds. The van der Waals surface area contributed by atoms with Gasteiger partial charge in [0.25, 0.3) is 0 Å². The first-order chi connectivity index (χ1) is 23.7. The molecule has 30 heteroatoms. The van der Waals surface area contributed by atoms with Crippen LogP contribution in [0, 0.1) is 0 Å². The number of carboxylic acid groups (broad SMARTS) is 4. The van der Waals surface area contributed by atoms with E-state index in [2.05, 4.69) is 0 Å². The molecule has 0 aromatic carbocycles. The molecule has 0 heterocycles. The molecule has 0 unspecified atom stereocenters. The Morgan fingerprint density at radius 1 is 0.296 bits per heavy atom. The Balaban J connectivity index is -0.000000140. The van der Waals surface area contributed by atoms with Crippen LogP contribution in [0.15, 0.2) is 0 Å². The van der Waals surface area contributed by atoms with E-state index in [9.17, 15) is 39.6 Å². The predicted molar refractivity (Wildman–Crippen MR) is 156 cm³/mol. The van der Waals surface area contributed by atoms with Crippen LogP contribution in [0.4, 0.5) is 0 Å². The van der Waals surface area contributed by atoms with Crippen LogP contribution in [0.2, 0.25) is 0 Å². The third-order valence-electron chi connectivity index (χ3n) is 5.98. The number of carboxylic acids is 4. The van der Waals surface area contributed by atoms with Gasteiger partial charge in [0.1, 0.15) is 97.7 Å². The third-order valence-corrected chi connectivity index (χ3v) is 5.98. The van der Waals surface area contributed by atoms with Crippen molar-refractivity contribution < 1.29 is 142 Å². The molecule has 16 atom stereocenters. The van der Waals surface area contributed by atoms with Crippen molar-refractivity contribution in [2.75, 3.05) is 26.4 Å². The Labute approximate surface area is 334 Å². The van der Waals surface area contributed by atoms with Crippen LogP contribution in [0.1, 0.15) is 0 Å². The molecule has 0 fully saturated rings. The smallest absolute Gasteiger partial charge is 0.547 e. The van der Waals surface area contributed by atoms with Crippen LogP contribution < -0.4 is 20.4 Å². The zero-order valence-electron chi connectivity index (χ0n) is 27.7. The molecule has 20 N–H and O–H groups in total. The minimum atomic E-state index is -2.31. The Hall–Kier alpha value is -1.39. The summed E-state index contributed by atoms with van der Waals surface area (Å²) in [5.74, 6) is -7.90. The van der Waals surface area contributed by atoms with Gasteiger partial charge in [0.05, 0.1) is 50.3 Å². The number of hydrogen-bond donors (Lipinski definition) is 20. The van der Waals surface area contributed by atoms with Gasteiger partial charge in [-0.15, -0.1) is 0 Å². The van der Waals surface area contributed by atoms with Crippen molar-refractivity contribution in [3.05, 3.63) is 0 Å². The number of aliphatic hydroxyl groups excluding tert-OH is 20. The van der Waals surface area contributed by atoms with Crippen LogP contribution in [0.3, 0.4) is 0 Å². The van der Waals surface area contributed by atoms with Crippen LogP contribution in [0.25, 0.3) is 0 Å². The summed E-state index contributed by atoms with van der Waals surface area (Å²) >= 11 is 0. The zero-order chi connectivity index (χ0) is 42.4. The first-order valence-electron chi connectivity index (χ1n) is 13.8. The van der Waals surface area contributed by atoms with E-state index in [4.69, 9.17) is 102 Å². The van der Waals surface area contributed by atoms with Crippen molar-refractivity contribution in [2.24, 2.45) is 0 Å². The van der Waals surface area contributed by atoms with Crippen molar-refractivity contribution >= 4 is 70.0 Å². The Bertz CT molecular complexity index is 846. The fourth-order valence-electron chi connectivity index (χ4n) is 2.65. The summed E-state index contributed by atoms with van der Waals surface area (Å²) in [4.78, 5) is 39.9. The molecule has 0 aliphatic rings. The molecule has 28 nitrogen and oxygen atoms in total. The van der Waals surface area contributed by atoms with Gasteiger partial charge in [0.2, 0.25) is 0 Å². The maximum Gasteiger partial charge on any atom is 2.00 e. The molecule has 0 aromatic rings. The number of rotatable bonds is 20. The van der Waals surface area contributed by atoms with E-state index in [-0.39, 0.29) is 46.1 Å². The summed E-state index contributed by atoms with van der Waals surface area (Å²) in [6, 6.07) is 0. The van der Waals surface area contributed by atoms with Crippen molar-refractivity contribution in [1.29, 1.82) is 0 Å². The second kappa shape index (κ2) is 33.7. The van der Waals surface area contributed by atoms with E-state index in [0.29, 0.717) is 0 Å². The maximum atomic E-state index is 9.98. The monoisotopic (exact) mass is 828 g/mol. The minimum Gasteiger partial charge on any atom is -0.547 e. The van der Waals surface area contributed by atoms with Gasteiger partial charge in [0.15, 0.2) is 0 Å². The van der Waals surface area contributed by atoms with Crippen LogP contribution in [-0.4, -0.2) is 296 Å². The molecule has 0 saturated carbocycles. The van der Waals surface area contributed by atoms with E-state index in [1.807, 2.05) is 0 Å². The Morgan fingerprint density at radius 3 is 0.481 bits per heavy atom. The molecule has 0 aromatic heterocycles. The van der Waals surface area contributed by atoms with Crippen molar-refractivity contribution in [2.45, 2.75) is 97.7 Å². The standard InChI is InChI=1S/4C6H12O7.2Mg/c4*7-1-2(8)3(9)4(10)5(11)6(12)13;;/h4*2-5,7-11H,1H2,(H,12,13);;/q;;;;2*+2/p-4/t4*2-,3-,4+,5-;;/m1111../s1. The van der Waals surface area contributed by atoms with E-state index in [0.717, 1.165) is 0 Å². The quantitative estimate of drug-likeness (QED) is 0.0507. The van der Waals surface area contributed by atoms with Gasteiger partial charge in [-0.05, 0) is 0 Å². The van der Waals surface area contributed by atoms with E-state index < -0.39 is 148 Å². The maximum absolute atomic E-state index is 9.98. The first-order valence-corrected chi connectivity index (χ1v) is 13.8. The third kappa shape index (κ3) is 25.0. The number of aliphatic carboxylic acids is 4. The zero-order valence-corrected chi connectivity index (χ0v) is 30.5. The van der Waals surface area contributed by atoms with Gasteiger partial charge in [-0.1, -0.05) is 0 Å². The molecular formula is C24H44Mg2O28. The predicted octanol–water partition coefficient (Wildman–Crippen LogP) is -20.1. The van der Waals surface area contributed by atoms with E-state index in [1.54, 1.807) is 0 Å². The normalized spacial score (nSPS) is 19.6. The largest absolute Gasteiger partial charge is 2.00 e. The Kier molecular flexibility index (Phi) is 40.3. The molecule has 0 radical (unpaired) electrons. The molecule has 0 bridgehead atoms. The van der Waals surface area contributed by atoms with Crippen molar-refractivity contribution in [3.63, 3.8) is 0 Å². The van der Waals surface area contributed by atoms with Gasteiger partial charge >= 0.3 is 46.1 Å². The fraction of sp³-hybridized carbons (Fsp3) is 0.833. The number of hydrogen-bond acceptors (Lipinski definition) is 28. The summed E-state index contributed by atoms with van der Waals surface area (Å²) in [5.41, 5.74) is 0. The molecular weight excluding hydrogens is 785 g/mol. The van der Waals surface area contributed by atoms with Gasteiger partial charge in [-0.2, -0.15) is 0 Å². The number of carbonyl (C=O) groups is 4. The Morgan fingerprint density at radius 2 is 0.407 bits per heavy atom. The number of aliphatic hydroxyl groups is 20. The summed E-state index contributed by atoms with van der Waals surface area (Å²) < 4.78 is 0. The molecule has 0 saturated heterocycles. The molecule has 0 aliphatic heterocycles. The molecule has 0 spiro atoms. The van der Waals surface area contributed by atoms with Gasteiger partial charge < -0.3 is 142 Å². The molecule has 312 valence electrons. The second-order valence-electron chi connectivity index (χ2n) is 9.98. The van der Waals surface area contributed by atoms with Crippen LogP contribution in [0.5, 0.6) is 0 Å². The summed E-state index contributed by atoms with van der Waals surface area (Å²) in [6.45, 7) is -3.45. The SMILES string of the molecule is O=C([O-])[C@H](O)[C@@H](O)[C@H](O)[C@H](O)CO.O=C([O-])[C@H](O)[C@@H](O)[C@H](O)[C@H](O)CO.O=C([O-])[C@H](O)[C@@H](O)[C@H](O)[C@H](O)CO.O=C([O-])[C@H](O)[C@@H](O)[C@H](O)[C@H](O)CO.[Mg+2].[Mg+2]. The number of carbonyl (C=O) groups excluding carboxylic acids is 4. The molecule has 54 heavy (non-hydrogen) atoms. The summed E-state index contributed by atoms with van der Waals surface area (Å²) in [6.07, 6.45) is -32.3. The average Bonchev–Trinajstić information content (AvgIpc) is 3.12. The summed E-state index contributed by atoms with van der Waals surface area (Å²) in [7, 11) is 0. The summed E-state index contributed by atoms with van der Waals surface area (Å²) in [5, 5.41) is 214. The van der Waals surface area contributed by atoms with Gasteiger partial charge in [-0.3, -0.25) is 0 Å². The minimum absolute atomic E-state index is 0. The average molecular weight is 829 g/mol. The van der Waals surface area contributed by atoms with Gasteiger partial charge in [-0.25, -0.2) is 0 Å². The topological polar surface area (TPSA) is 565 Å². The van der Waals surface area contributed by atoms with Crippen molar-refractivity contribution in [3.8, 4) is 0 Å². The first kappa shape index (κ1) is 64.5. The van der Waals surface area contributed by atoms with E-state index >= 15 is 0 Å². The van der Waals surface area contributed by atoms with Gasteiger partial charge in [0, 0.05) is 0 Å². The fourth-order valence-corrected chi connectivity index (χ4v) is 2.65. The second-order valence-corrected chi connectivity index (χ2v) is 9.98. The van der Waals surface area contributed by atoms with Crippen molar-refractivity contribution in [1.82, 2.24) is 0 Å². The van der Waals surface area contributed by atoms with E-state index in [1.165, 1.54) is 0 Å². The molecule has 0 aliphatic carbocycles. The van der Waals surface area contributed by atoms with Crippen LogP contribution in [-0.2, 0) is 19.2 Å².